The summed E-state index contributed by atoms with van der Waals surface area (Å²) in [5.41, 5.74) is 0.553. The Bertz CT molecular complexity index is 1180. The Labute approximate surface area is 195 Å². The number of nitro benzene ring substituents is 1. The highest BCUT2D eigenvalue weighted by Crippen LogP contribution is 2.38. The summed E-state index contributed by atoms with van der Waals surface area (Å²) in [6.07, 6.45) is 2.36. The van der Waals surface area contributed by atoms with E-state index in [-0.39, 0.29) is 45.8 Å². The molecule has 9 nitrogen and oxygen atoms in total. The Hall–Kier alpha value is -3.24. The molecule has 0 aromatic heterocycles. The lowest BCUT2D eigenvalue weighted by molar-refractivity contribution is -0.384. The van der Waals surface area contributed by atoms with Gasteiger partial charge in [-0.1, -0.05) is 18.5 Å². The van der Waals surface area contributed by atoms with Crippen LogP contribution in [-0.4, -0.2) is 29.9 Å². The van der Waals surface area contributed by atoms with Gasteiger partial charge in [0.25, 0.3) is 5.69 Å². The second-order valence-corrected chi connectivity index (χ2v) is 7.78. The van der Waals surface area contributed by atoms with Gasteiger partial charge in [0.1, 0.15) is 0 Å². The highest BCUT2D eigenvalue weighted by molar-refractivity contribution is 9.10. The first-order chi connectivity index (χ1) is 15.2. The molecule has 1 heterocycles. The van der Waals surface area contributed by atoms with Crippen LogP contribution in [-0.2, 0) is 14.3 Å². The number of methoxy groups -OCH3 is 1. The minimum absolute atomic E-state index is 0.0147. The monoisotopic (exact) mass is 522 g/mol. The molecule has 0 spiro atoms. The van der Waals surface area contributed by atoms with E-state index in [0.717, 1.165) is 6.07 Å². The fourth-order valence-corrected chi connectivity index (χ4v) is 3.56. The summed E-state index contributed by atoms with van der Waals surface area (Å²) in [5.74, 6) is -0.681. The van der Waals surface area contributed by atoms with Crippen molar-refractivity contribution >= 4 is 57.1 Å². The van der Waals surface area contributed by atoms with Gasteiger partial charge in [-0.3, -0.25) is 14.9 Å². The first-order valence-electron chi connectivity index (χ1n) is 9.28. The number of nitro groups is 1. The molecule has 0 fully saturated rings. The highest BCUT2D eigenvalue weighted by Gasteiger charge is 2.27. The van der Waals surface area contributed by atoms with Gasteiger partial charge in [0.05, 0.1) is 27.1 Å². The van der Waals surface area contributed by atoms with Gasteiger partial charge in [-0.2, -0.15) is 0 Å². The Balaban J connectivity index is 1.93. The van der Waals surface area contributed by atoms with Crippen LogP contribution in [0.4, 0.5) is 5.69 Å². The molecule has 0 N–H and O–H groups in total. The summed E-state index contributed by atoms with van der Waals surface area (Å²) in [4.78, 5) is 38.6. The van der Waals surface area contributed by atoms with E-state index in [4.69, 9.17) is 25.8 Å². The number of rotatable bonds is 7. The molecule has 0 radical (unpaired) electrons. The molecule has 0 saturated heterocycles. The summed E-state index contributed by atoms with van der Waals surface area (Å²) in [6, 6.07) is 6.94. The maximum Gasteiger partial charge on any atom is 0.363 e. The van der Waals surface area contributed by atoms with Crippen LogP contribution in [0.1, 0.15) is 30.9 Å². The Morgan fingerprint density at radius 2 is 2.09 bits per heavy atom. The van der Waals surface area contributed by atoms with Gasteiger partial charge in [-0.05, 0) is 52.2 Å². The largest absolute Gasteiger partial charge is 0.493 e. The summed E-state index contributed by atoms with van der Waals surface area (Å²) in [5, 5.41) is 10.9. The number of ether oxygens (including phenoxy) is 3. The van der Waals surface area contributed by atoms with Gasteiger partial charge >= 0.3 is 11.9 Å². The minimum atomic E-state index is -0.719. The number of non-ortho nitro benzene ring substituents is 1. The molecule has 1 aliphatic rings. The third-order valence-corrected chi connectivity index (χ3v) is 5.14. The van der Waals surface area contributed by atoms with E-state index >= 15 is 0 Å². The zero-order valence-electron chi connectivity index (χ0n) is 16.9. The zero-order chi connectivity index (χ0) is 23.4. The van der Waals surface area contributed by atoms with Crippen molar-refractivity contribution in [3.63, 3.8) is 0 Å². The number of benzene rings is 2. The summed E-state index contributed by atoms with van der Waals surface area (Å²) in [6.45, 7) is 1.86. The van der Waals surface area contributed by atoms with Crippen LogP contribution in [0, 0.1) is 10.1 Å². The second-order valence-electron chi connectivity index (χ2n) is 6.52. The maximum absolute atomic E-state index is 12.3. The van der Waals surface area contributed by atoms with E-state index in [1.807, 2.05) is 6.92 Å². The number of cyclic esters (lactones) is 1. The SMILES string of the molecule is CCCC(=O)Oc1c(Br)cc(/C=C2\N=C(c3ccc([N+](=O)[O-])cc3Cl)OC2=O)cc1OC. The lowest BCUT2D eigenvalue weighted by Crippen LogP contribution is -2.08. The maximum atomic E-state index is 12.3. The number of hydrogen-bond acceptors (Lipinski definition) is 8. The van der Waals surface area contributed by atoms with Crippen molar-refractivity contribution in [3.8, 4) is 11.5 Å². The smallest absolute Gasteiger partial charge is 0.363 e. The number of halogens is 2. The van der Waals surface area contributed by atoms with Crippen LogP contribution in [0.25, 0.3) is 6.08 Å². The van der Waals surface area contributed by atoms with Crippen molar-refractivity contribution in [1.82, 2.24) is 0 Å². The number of carbonyl (C=O) groups excluding carboxylic acids is 2. The van der Waals surface area contributed by atoms with E-state index < -0.39 is 16.9 Å². The average Bonchev–Trinajstić information content (AvgIpc) is 3.09. The third kappa shape index (κ3) is 5.14. The van der Waals surface area contributed by atoms with Gasteiger partial charge in [0.2, 0.25) is 5.90 Å². The molecule has 0 atom stereocenters. The molecule has 2 aromatic rings. The molecule has 32 heavy (non-hydrogen) atoms. The molecule has 0 amide bonds. The van der Waals surface area contributed by atoms with Crippen molar-refractivity contribution in [2.45, 2.75) is 19.8 Å². The molecule has 0 saturated carbocycles. The van der Waals surface area contributed by atoms with Gasteiger partial charge in [0, 0.05) is 18.6 Å². The van der Waals surface area contributed by atoms with Crippen LogP contribution in [0.2, 0.25) is 5.02 Å². The molecule has 11 heteroatoms. The normalized spacial score (nSPS) is 14.2. The molecule has 0 unspecified atom stereocenters. The minimum Gasteiger partial charge on any atom is -0.493 e. The fraction of sp³-hybridized carbons (Fsp3) is 0.190. The lowest BCUT2D eigenvalue weighted by atomic mass is 10.1. The lowest BCUT2D eigenvalue weighted by Gasteiger charge is -2.12. The van der Waals surface area contributed by atoms with Crippen LogP contribution >= 0.6 is 27.5 Å². The first-order valence-corrected chi connectivity index (χ1v) is 10.5. The molecular weight excluding hydrogens is 508 g/mol. The number of aliphatic imine (C=N–C) groups is 1. The van der Waals surface area contributed by atoms with Crippen molar-refractivity contribution in [2.75, 3.05) is 7.11 Å². The van der Waals surface area contributed by atoms with Crippen molar-refractivity contribution in [3.05, 3.63) is 66.8 Å². The van der Waals surface area contributed by atoms with E-state index in [0.29, 0.717) is 16.5 Å². The van der Waals surface area contributed by atoms with Gasteiger partial charge < -0.3 is 14.2 Å². The molecule has 0 bridgehead atoms. The van der Waals surface area contributed by atoms with Gasteiger partial charge in [-0.15, -0.1) is 0 Å². The Morgan fingerprint density at radius 3 is 2.72 bits per heavy atom. The van der Waals surface area contributed by atoms with Crippen LogP contribution < -0.4 is 9.47 Å². The molecule has 3 rings (SSSR count). The fourth-order valence-electron chi connectivity index (χ4n) is 2.76. The average molecular weight is 524 g/mol. The van der Waals surface area contributed by atoms with Crippen molar-refractivity contribution in [1.29, 1.82) is 0 Å². The quantitative estimate of drug-likeness (QED) is 0.163. The van der Waals surface area contributed by atoms with Crippen LogP contribution in [0.15, 0.2) is 45.5 Å². The van der Waals surface area contributed by atoms with Gasteiger partial charge in [-0.25, -0.2) is 9.79 Å². The predicted molar refractivity (Wildman–Crippen MR) is 120 cm³/mol. The molecule has 166 valence electrons. The highest BCUT2D eigenvalue weighted by atomic mass is 79.9. The molecule has 1 aliphatic heterocycles. The third-order valence-electron chi connectivity index (χ3n) is 4.24. The Kier molecular flexibility index (Phi) is 7.26. The topological polar surface area (TPSA) is 117 Å². The van der Waals surface area contributed by atoms with E-state index in [1.54, 1.807) is 12.1 Å². The van der Waals surface area contributed by atoms with E-state index in [1.165, 1.54) is 25.3 Å². The number of esters is 2. The van der Waals surface area contributed by atoms with Crippen molar-refractivity contribution in [2.24, 2.45) is 4.99 Å². The Morgan fingerprint density at radius 1 is 1.34 bits per heavy atom. The summed E-state index contributed by atoms with van der Waals surface area (Å²) >= 11 is 9.44. The van der Waals surface area contributed by atoms with Gasteiger partial charge in [0.15, 0.2) is 17.2 Å². The predicted octanol–water partition coefficient (Wildman–Crippen LogP) is 5.07. The zero-order valence-corrected chi connectivity index (χ0v) is 19.2. The van der Waals surface area contributed by atoms with Crippen LogP contribution in [0.3, 0.4) is 0 Å². The summed E-state index contributed by atoms with van der Waals surface area (Å²) < 4.78 is 16.3. The number of nitrogens with zero attached hydrogens (tertiary/aromatic N) is 2. The second kappa shape index (κ2) is 9.92. The molecular formula is C21H16BrClN2O7. The van der Waals surface area contributed by atoms with Crippen molar-refractivity contribution < 1.29 is 28.7 Å². The molecule has 2 aromatic carbocycles. The van der Waals surface area contributed by atoms with E-state index in [2.05, 4.69) is 20.9 Å². The number of hydrogen-bond donors (Lipinski definition) is 0. The standard InChI is InChI=1S/C21H16BrClN2O7/c1-3-4-18(26)31-19-14(22)7-11(9-17(19)30-2)8-16-21(27)32-20(24-16)13-6-5-12(25(28)29)10-15(13)23/h5-10H,3-4H2,1-2H3/b16-8-. The first kappa shape index (κ1) is 23.4. The molecule has 0 aliphatic carbocycles. The summed E-state index contributed by atoms with van der Waals surface area (Å²) in [7, 11) is 1.42. The number of carbonyl (C=O) groups is 2. The van der Waals surface area contributed by atoms with E-state index in [9.17, 15) is 19.7 Å². The van der Waals surface area contributed by atoms with Crippen LogP contribution in [0.5, 0.6) is 11.5 Å².